The first-order valence-electron chi connectivity index (χ1n) is 6.01. The Bertz CT molecular complexity index is 561. The van der Waals surface area contributed by atoms with E-state index in [1.54, 1.807) is 0 Å². The topological polar surface area (TPSA) is 9.23 Å². The summed E-state index contributed by atoms with van der Waals surface area (Å²) < 4.78 is 6.00. The second kappa shape index (κ2) is 5.45. The lowest BCUT2D eigenvalue weighted by Gasteiger charge is -2.14. The van der Waals surface area contributed by atoms with Gasteiger partial charge in [0.1, 0.15) is 11.5 Å². The fraction of sp³-hybridized carbons (Fsp3) is 0.250. The molecular weight excluding hydrogens is 244 g/mol. The van der Waals surface area contributed by atoms with Crippen molar-refractivity contribution in [1.82, 2.24) is 0 Å². The van der Waals surface area contributed by atoms with Crippen molar-refractivity contribution in [3.05, 3.63) is 58.7 Å². The largest absolute Gasteiger partial charge is 0.457 e. The van der Waals surface area contributed by atoms with E-state index in [-0.39, 0.29) is 0 Å². The number of benzene rings is 2. The van der Waals surface area contributed by atoms with Gasteiger partial charge in [0.25, 0.3) is 0 Å². The van der Waals surface area contributed by atoms with Crippen molar-refractivity contribution in [3.63, 3.8) is 0 Å². The van der Waals surface area contributed by atoms with E-state index in [2.05, 4.69) is 32.9 Å². The molecule has 0 N–H and O–H groups in total. The quantitative estimate of drug-likeness (QED) is 0.694. The summed E-state index contributed by atoms with van der Waals surface area (Å²) in [6.45, 7) is 6.24. The molecule has 2 rings (SSSR count). The second-order valence-electron chi connectivity index (χ2n) is 4.54. The van der Waals surface area contributed by atoms with Crippen LogP contribution < -0.4 is 4.74 Å². The van der Waals surface area contributed by atoms with Gasteiger partial charge >= 0.3 is 0 Å². The van der Waals surface area contributed by atoms with Crippen molar-refractivity contribution in [3.8, 4) is 11.5 Å². The van der Waals surface area contributed by atoms with Crippen LogP contribution in [0.1, 0.15) is 22.3 Å². The molecule has 0 saturated heterocycles. The summed E-state index contributed by atoms with van der Waals surface area (Å²) in [5, 5.41) is 0. The van der Waals surface area contributed by atoms with E-state index in [1.165, 1.54) is 11.1 Å². The zero-order valence-electron chi connectivity index (χ0n) is 11.0. The summed E-state index contributed by atoms with van der Waals surface area (Å²) in [5.41, 5.74) is 4.64. The SMILES string of the molecule is Cc1ccc(C)c(Oc2cccc(CCl)c2)c1C. The Balaban J connectivity index is 2.36. The monoisotopic (exact) mass is 260 g/mol. The van der Waals surface area contributed by atoms with Gasteiger partial charge in [0.15, 0.2) is 0 Å². The molecule has 0 heterocycles. The lowest BCUT2D eigenvalue weighted by Crippen LogP contribution is -1.93. The van der Waals surface area contributed by atoms with E-state index in [4.69, 9.17) is 16.3 Å². The van der Waals surface area contributed by atoms with Gasteiger partial charge in [0.2, 0.25) is 0 Å². The van der Waals surface area contributed by atoms with Crippen molar-refractivity contribution in [2.75, 3.05) is 0 Å². The van der Waals surface area contributed by atoms with Gasteiger partial charge in [-0.2, -0.15) is 0 Å². The summed E-state index contributed by atoms with van der Waals surface area (Å²) in [6.07, 6.45) is 0. The molecule has 2 aromatic carbocycles. The molecule has 0 atom stereocenters. The molecule has 0 saturated carbocycles. The van der Waals surface area contributed by atoms with Gasteiger partial charge in [-0.15, -0.1) is 11.6 Å². The van der Waals surface area contributed by atoms with Crippen molar-refractivity contribution in [1.29, 1.82) is 0 Å². The number of hydrogen-bond donors (Lipinski definition) is 0. The third-order valence-corrected chi connectivity index (χ3v) is 3.45. The maximum absolute atomic E-state index is 6.00. The molecule has 18 heavy (non-hydrogen) atoms. The van der Waals surface area contributed by atoms with Crippen molar-refractivity contribution < 1.29 is 4.74 Å². The van der Waals surface area contributed by atoms with Gasteiger partial charge in [0.05, 0.1) is 0 Å². The van der Waals surface area contributed by atoms with E-state index in [0.717, 1.165) is 22.6 Å². The number of alkyl halides is 1. The number of rotatable bonds is 3. The Labute approximate surface area is 113 Å². The molecule has 0 aliphatic rings. The van der Waals surface area contributed by atoms with Crippen LogP contribution in [0.15, 0.2) is 36.4 Å². The number of hydrogen-bond acceptors (Lipinski definition) is 1. The Hall–Kier alpha value is -1.47. The Morgan fingerprint density at radius 3 is 2.44 bits per heavy atom. The molecule has 0 aliphatic heterocycles. The number of halogens is 1. The summed E-state index contributed by atoms with van der Waals surface area (Å²) in [6, 6.07) is 12.1. The minimum Gasteiger partial charge on any atom is -0.457 e. The average Bonchev–Trinajstić information content (AvgIpc) is 2.39. The molecule has 1 nitrogen and oxygen atoms in total. The summed E-state index contributed by atoms with van der Waals surface area (Å²) in [4.78, 5) is 0. The van der Waals surface area contributed by atoms with Gasteiger partial charge in [-0.3, -0.25) is 0 Å². The van der Waals surface area contributed by atoms with Crippen LogP contribution in [0.4, 0.5) is 0 Å². The predicted octanol–water partition coefficient (Wildman–Crippen LogP) is 5.14. The van der Waals surface area contributed by atoms with Crippen LogP contribution in [-0.2, 0) is 5.88 Å². The Kier molecular flexibility index (Phi) is 3.93. The average molecular weight is 261 g/mol. The molecule has 94 valence electrons. The van der Waals surface area contributed by atoms with Gasteiger partial charge in [0, 0.05) is 5.88 Å². The zero-order valence-corrected chi connectivity index (χ0v) is 11.7. The van der Waals surface area contributed by atoms with E-state index < -0.39 is 0 Å². The summed E-state index contributed by atoms with van der Waals surface area (Å²) >= 11 is 5.83. The first kappa shape index (κ1) is 13.0. The molecule has 2 aromatic rings. The Morgan fingerprint density at radius 2 is 1.72 bits per heavy atom. The van der Waals surface area contributed by atoms with Gasteiger partial charge < -0.3 is 4.74 Å². The van der Waals surface area contributed by atoms with E-state index >= 15 is 0 Å². The fourth-order valence-electron chi connectivity index (χ4n) is 1.89. The van der Waals surface area contributed by atoms with Crippen LogP contribution >= 0.6 is 11.6 Å². The first-order chi connectivity index (χ1) is 8.61. The van der Waals surface area contributed by atoms with Crippen LogP contribution in [0.2, 0.25) is 0 Å². The number of aryl methyl sites for hydroxylation is 2. The highest BCUT2D eigenvalue weighted by molar-refractivity contribution is 6.17. The molecule has 0 fully saturated rings. The molecule has 0 radical (unpaired) electrons. The van der Waals surface area contributed by atoms with E-state index in [0.29, 0.717) is 5.88 Å². The van der Waals surface area contributed by atoms with E-state index in [9.17, 15) is 0 Å². The van der Waals surface area contributed by atoms with Crippen molar-refractivity contribution in [2.45, 2.75) is 26.7 Å². The molecule has 0 unspecified atom stereocenters. The van der Waals surface area contributed by atoms with Gasteiger partial charge in [-0.05, 0) is 55.2 Å². The highest BCUT2D eigenvalue weighted by Crippen LogP contribution is 2.31. The maximum Gasteiger partial charge on any atom is 0.133 e. The lowest BCUT2D eigenvalue weighted by molar-refractivity contribution is 0.474. The smallest absolute Gasteiger partial charge is 0.133 e. The molecule has 2 heteroatoms. The van der Waals surface area contributed by atoms with Crippen LogP contribution in [0.3, 0.4) is 0 Å². The molecule has 0 amide bonds. The van der Waals surface area contributed by atoms with Crippen molar-refractivity contribution >= 4 is 11.6 Å². The first-order valence-corrected chi connectivity index (χ1v) is 6.55. The highest BCUT2D eigenvalue weighted by atomic mass is 35.5. The van der Waals surface area contributed by atoms with Crippen LogP contribution in [0.25, 0.3) is 0 Å². The lowest BCUT2D eigenvalue weighted by atomic mass is 10.1. The third-order valence-electron chi connectivity index (χ3n) is 3.15. The summed E-state index contributed by atoms with van der Waals surface area (Å²) in [5.74, 6) is 2.29. The minimum absolute atomic E-state index is 0.503. The third kappa shape index (κ3) is 2.68. The maximum atomic E-state index is 6.00. The molecule has 0 aromatic heterocycles. The Morgan fingerprint density at radius 1 is 1.00 bits per heavy atom. The fourth-order valence-corrected chi connectivity index (χ4v) is 2.06. The standard InChI is InChI=1S/C16H17ClO/c1-11-7-8-12(2)16(13(11)3)18-15-6-4-5-14(9-15)10-17/h4-9H,10H2,1-3H3. The highest BCUT2D eigenvalue weighted by Gasteiger charge is 2.07. The van der Waals surface area contributed by atoms with Crippen LogP contribution in [-0.4, -0.2) is 0 Å². The van der Waals surface area contributed by atoms with Crippen LogP contribution in [0.5, 0.6) is 11.5 Å². The van der Waals surface area contributed by atoms with Gasteiger partial charge in [-0.25, -0.2) is 0 Å². The molecule has 0 bridgehead atoms. The molecule has 0 spiro atoms. The van der Waals surface area contributed by atoms with E-state index in [1.807, 2.05) is 24.3 Å². The zero-order chi connectivity index (χ0) is 13.1. The molecular formula is C16H17ClO. The molecule has 0 aliphatic carbocycles. The predicted molar refractivity (Wildman–Crippen MR) is 76.7 cm³/mol. The number of ether oxygens (including phenoxy) is 1. The second-order valence-corrected chi connectivity index (χ2v) is 4.80. The minimum atomic E-state index is 0.503. The van der Waals surface area contributed by atoms with Crippen LogP contribution in [0, 0.1) is 20.8 Å². The summed E-state index contributed by atoms with van der Waals surface area (Å²) in [7, 11) is 0. The van der Waals surface area contributed by atoms with Gasteiger partial charge in [-0.1, -0.05) is 24.3 Å². The van der Waals surface area contributed by atoms with Crippen molar-refractivity contribution in [2.24, 2.45) is 0 Å². The normalized spacial score (nSPS) is 10.4.